The van der Waals surface area contributed by atoms with Gasteiger partial charge in [0.05, 0.1) is 13.4 Å². The summed E-state index contributed by atoms with van der Waals surface area (Å²) in [6.45, 7) is 0. The summed E-state index contributed by atoms with van der Waals surface area (Å²) in [4.78, 5) is 29.4. The second kappa shape index (κ2) is 4.60. The molecule has 1 aliphatic rings. The Morgan fingerprint density at radius 2 is 2.41 bits per heavy atom. The first-order valence-corrected chi connectivity index (χ1v) is 5.71. The minimum Gasteiger partial charge on any atom is -0.466 e. The Kier molecular flexibility index (Phi) is 3.16. The number of carbonyl (C=O) groups excluding carboxylic acids is 1. The number of aromatic nitrogens is 1. The van der Waals surface area contributed by atoms with Gasteiger partial charge in [-0.3, -0.25) is 4.79 Å². The van der Waals surface area contributed by atoms with E-state index in [1.807, 2.05) is 0 Å². The minimum absolute atomic E-state index is 0.260. The minimum atomic E-state index is -0.577. The Bertz CT molecular complexity index is 683. The topological polar surface area (TPSA) is 83.5 Å². The maximum Gasteiger partial charge on any atom is 0.332 e. The summed E-state index contributed by atoms with van der Waals surface area (Å²) in [5.41, 5.74) is 0.200. The van der Waals surface area contributed by atoms with Gasteiger partial charge in [-0.05, 0) is 0 Å². The maximum absolute atomic E-state index is 11.5. The number of aromatic amines is 1. The molecule has 0 fully saturated rings. The molecule has 88 valence electrons. The molecule has 0 aromatic carbocycles. The van der Waals surface area contributed by atoms with Crippen LogP contribution in [-0.4, -0.2) is 29.4 Å². The van der Waals surface area contributed by atoms with Crippen LogP contribution in [0.4, 0.5) is 0 Å². The third-order valence-corrected chi connectivity index (χ3v) is 3.29. The first-order chi connectivity index (χ1) is 8.11. The highest BCUT2D eigenvalue weighted by Gasteiger charge is 2.11. The van der Waals surface area contributed by atoms with Crippen LogP contribution in [0.5, 0.6) is 0 Å². The van der Waals surface area contributed by atoms with E-state index < -0.39 is 5.97 Å². The van der Waals surface area contributed by atoms with Crippen molar-refractivity contribution < 1.29 is 9.53 Å². The second-order valence-electron chi connectivity index (χ2n) is 3.00. The zero-order valence-corrected chi connectivity index (χ0v) is 10.3. The molecular weight excluding hydrogens is 262 g/mol. The molecule has 8 heteroatoms. The molecule has 0 saturated heterocycles. The van der Waals surface area contributed by atoms with Crippen molar-refractivity contribution in [3.63, 3.8) is 0 Å². The van der Waals surface area contributed by atoms with Crippen LogP contribution in [0.3, 0.4) is 0 Å². The van der Waals surface area contributed by atoms with E-state index in [1.54, 1.807) is 0 Å². The summed E-state index contributed by atoms with van der Waals surface area (Å²) in [7, 11) is 1.25. The van der Waals surface area contributed by atoms with Gasteiger partial charge in [-0.1, -0.05) is 12.2 Å². The van der Waals surface area contributed by atoms with Crippen molar-refractivity contribution in [1.82, 2.24) is 10.3 Å². The number of aliphatic imine (C=N–C) groups is 1. The standard InChI is InChI=1S/C9H7N3O3S2/c1-15-5(13)2-4-7(14)12-9(17-4)6-8(16)11-3-10-6/h2-3H,1H3,(H,12,14)(H,10,11,16)/b4-2+,9-6-. The van der Waals surface area contributed by atoms with Crippen LogP contribution < -0.4 is 20.1 Å². The lowest BCUT2D eigenvalue weighted by molar-refractivity contribution is -0.133. The Balaban J connectivity index is 2.60. The zero-order chi connectivity index (χ0) is 12.4. The third-order valence-electron chi connectivity index (χ3n) is 1.94. The molecule has 0 saturated carbocycles. The van der Waals surface area contributed by atoms with Gasteiger partial charge in [-0.15, -0.1) is 11.3 Å². The third kappa shape index (κ3) is 2.32. The Hall–Kier alpha value is -1.80. The molecule has 0 radical (unpaired) electrons. The molecule has 2 heterocycles. The summed E-state index contributed by atoms with van der Waals surface area (Å²) in [6.07, 6.45) is 2.58. The molecule has 0 aliphatic carbocycles. The largest absolute Gasteiger partial charge is 0.466 e. The van der Waals surface area contributed by atoms with Crippen LogP contribution in [0.25, 0.3) is 11.8 Å². The van der Waals surface area contributed by atoms with Gasteiger partial charge in [0.15, 0.2) is 4.99 Å². The van der Waals surface area contributed by atoms with E-state index in [9.17, 15) is 9.59 Å². The van der Waals surface area contributed by atoms with E-state index in [0.717, 1.165) is 17.4 Å². The molecule has 0 amide bonds. The smallest absolute Gasteiger partial charge is 0.332 e. The van der Waals surface area contributed by atoms with Gasteiger partial charge in [0.2, 0.25) is 0 Å². The van der Waals surface area contributed by atoms with E-state index >= 15 is 0 Å². The average Bonchev–Trinajstić information content (AvgIpc) is 2.86. The lowest BCUT2D eigenvalue weighted by Crippen LogP contribution is -2.23. The Morgan fingerprint density at radius 3 is 3.00 bits per heavy atom. The molecule has 0 spiro atoms. The number of carbonyl (C=O) groups is 1. The van der Waals surface area contributed by atoms with Crippen LogP contribution in [0, 0.1) is 0 Å². The second-order valence-corrected chi connectivity index (χ2v) is 4.44. The lowest BCUT2D eigenvalue weighted by Gasteiger charge is -1.91. The van der Waals surface area contributed by atoms with Gasteiger partial charge in [0, 0.05) is 6.08 Å². The molecule has 1 aromatic rings. The molecule has 0 unspecified atom stereocenters. The molecule has 0 atom stereocenters. The van der Waals surface area contributed by atoms with Crippen molar-refractivity contribution in [2.24, 2.45) is 4.99 Å². The molecule has 0 bridgehead atoms. The summed E-state index contributed by atoms with van der Waals surface area (Å²) in [5, 5.41) is 2.82. The number of methoxy groups -OCH3 is 1. The number of hydrogen-bond acceptors (Lipinski definition) is 6. The number of H-pyrrole nitrogens is 1. The fourth-order valence-corrected chi connectivity index (χ4v) is 2.36. The number of thiazole rings is 1. The predicted molar refractivity (Wildman–Crippen MR) is 68.3 cm³/mol. The number of nitrogens with zero attached hydrogens (tertiary/aromatic N) is 1. The van der Waals surface area contributed by atoms with Crippen molar-refractivity contribution in [1.29, 1.82) is 0 Å². The average molecular weight is 269 g/mol. The number of thiocarbonyl (C=S) groups is 1. The predicted octanol–water partition coefficient (Wildman–Crippen LogP) is -1.54. The van der Waals surface area contributed by atoms with Crippen molar-refractivity contribution in [3.05, 3.63) is 19.5 Å². The first-order valence-electron chi connectivity index (χ1n) is 4.48. The van der Waals surface area contributed by atoms with Crippen LogP contribution in [0.15, 0.2) is 9.79 Å². The van der Waals surface area contributed by atoms with Gasteiger partial charge in [0.25, 0.3) is 5.56 Å². The molecule has 17 heavy (non-hydrogen) atoms. The van der Waals surface area contributed by atoms with Gasteiger partial charge >= 0.3 is 5.97 Å². The molecule has 2 N–H and O–H groups in total. The maximum atomic E-state index is 11.5. The molecule has 6 nitrogen and oxygen atoms in total. The summed E-state index contributed by atoms with van der Waals surface area (Å²) in [5.74, 6) is -0.577. The van der Waals surface area contributed by atoms with Crippen molar-refractivity contribution in [2.75, 3.05) is 7.11 Å². The number of rotatable bonds is 1. The SMILES string of the molecule is COC(=O)/C=c1/s/c(=C2\NC=NC2=S)[nH]c1=O. The van der Waals surface area contributed by atoms with Crippen molar-refractivity contribution >= 4 is 52.6 Å². The zero-order valence-electron chi connectivity index (χ0n) is 8.64. The van der Waals surface area contributed by atoms with Crippen LogP contribution in [0.2, 0.25) is 0 Å². The highest BCUT2D eigenvalue weighted by atomic mass is 32.1. The normalized spacial score (nSPS) is 18.4. The van der Waals surface area contributed by atoms with E-state index in [2.05, 4.69) is 20.0 Å². The number of hydrogen-bond donors (Lipinski definition) is 2. The molecule has 1 aromatic heterocycles. The Labute approximate surface area is 104 Å². The summed E-state index contributed by atoms with van der Waals surface area (Å²) < 4.78 is 5.25. The van der Waals surface area contributed by atoms with Gasteiger partial charge in [-0.25, -0.2) is 9.79 Å². The molecule has 2 rings (SSSR count). The highest BCUT2D eigenvalue weighted by Crippen LogP contribution is 1.99. The van der Waals surface area contributed by atoms with Crippen molar-refractivity contribution in [2.45, 2.75) is 0 Å². The first kappa shape index (κ1) is 11.7. The van der Waals surface area contributed by atoms with Gasteiger partial charge in [-0.2, -0.15) is 0 Å². The fourth-order valence-electron chi connectivity index (χ4n) is 1.17. The van der Waals surface area contributed by atoms with E-state index in [4.69, 9.17) is 12.2 Å². The van der Waals surface area contributed by atoms with E-state index in [-0.39, 0.29) is 10.1 Å². The van der Waals surface area contributed by atoms with E-state index in [1.165, 1.54) is 13.4 Å². The Morgan fingerprint density at radius 1 is 1.65 bits per heavy atom. The summed E-state index contributed by atoms with van der Waals surface area (Å²) >= 11 is 6.08. The number of esters is 1. The molecule has 1 aliphatic heterocycles. The number of ether oxygens (including phenoxy) is 1. The van der Waals surface area contributed by atoms with Crippen LogP contribution in [0.1, 0.15) is 0 Å². The highest BCUT2D eigenvalue weighted by molar-refractivity contribution is 7.81. The van der Waals surface area contributed by atoms with E-state index in [0.29, 0.717) is 15.3 Å². The van der Waals surface area contributed by atoms with Crippen LogP contribution in [-0.2, 0) is 9.53 Å². The number of nitrogens with one attached hydrogen (secondary N) is 2. The lowest BCUT2D eigenvalue weighted by atomic mass is 10.5. The molecular formula is C9H7N3O3S2. The van der Waals surface area contributed by atoms with Crippen LogP contribution >= 0.6 is 23.6 Å². The van der Waals surface area contributed by atoms with Gasteiger partial charge < -0.3 is 15.0 Å². The van der Waals surface area contributed by atoms with Crippen molar-refractivity contribution in [3.8, 4) is 0 Å². The fraction of sp³-hybridized carbons (Fsp3) is 0.111. The van der Waals surface area contributed by atoms with Gasteiger partial charge in [0.1, 0.15) is 14.9 Å². The monoisotopic (exact) mass is 269 g/mol. The summed E-state index contributed by atoms with van der Waals surface area (Å²) in [6, 6.07) is 0. The quantitative estimate of drug-likeness (QED) is 0.477.